The molecule has 0 bridgehead atoms. The molecule has 128 valence electrons. The first-order chi connectivity index (χ1) is 10.8. The highest BCUT2D eigenvalue weighted by Crippen LogP contribution is 2.28. The Morgan fingerprint density at radius 1 is 1.39 bits per heavy atom. The zero-order valence-corrected chi connectivity index (χ0v) is 14.7. The number of benzene rings is 1. The second-order valence-corrected chi connectivity index (χ2v) is 7.88. The lowest BCUT2D eigenvalue weighted by Crippen LogP contribution is -2.50. The minimum atomic E-state index is -3.73. The van der Waals surface area contributed by atoms with E-state index in [1.54, 1.807) is 11.8 Å². The van der Waals surface area contributed by atoms with Crippen LogP contribution in [0.25, 0.3) is 0 Å². The Labute approximate surface area is 141 Å². The van der Waals surface area contributed by atoms with Gasteiger partial charge in [-0.25, -0.2) is 12.8 Å². The molecule has 0 N–H and O–H groups in total. The Morgan fingerprint density at radius 3 is 2.48 bits per heavy atom. The number of amides is 1. The molecule has 8 heteroatoms. The van der Waals surface area contributed by atoms with Gasteiger partial charge in [-0.3, -0.25) is 9.10 Å². The Balaban J connectivity index is 2.43. The van der Waals surface area contributed by atoms with Crippen LogP contribution in [0, 0.1) is 5.82 Å². The monoisotopic (exact) mass is 362 g/mol. The summed E-state index contributed by atoms with van der Waals surface area (Å²) in [7, 11) is -3.73. The van der Waals surface area contributed by atoms with Gasteiger partial charge in [-0.05, 0) is 37.5 Å². The van der Waals surface area contributed by atoms with Crippen LogP contribution in [0.5, 0.6) is 0 Å². The molecule has 0 aliphatic carbocycles. The van der Waals surface area contributed by atoms with Crippen molar-refractivity contribution in [1.82, 2.24) is 4.90 Å². The average Bonchev–Trinajstić information content (AvgIpc) is 3.00. The summed E-state index contributed by atoms with van der Waals surface area (Å²) in [5, 5.41) is -0.181. The summed E-state index contributed by atoms with van der Waals surface area (Å²) >= 11 is 5.77. The van der Waals surface area contributed by atoms with Gasteiger partial charge in [-0.1, -0.05) is 18.5 Å². The number of anilines is 1. The molecular formula is C15H20ClFN2O3S. The van der Waals surface area contributed by atoms with Gasteiger partial charge in [-0.15, -0.1) is 0 Å². The third kappa shape index (κ3) is 3.95. The van der Waals surface area contributed by atoms with E-state index in [2.05, 4.69) is 0 Å². The summed E-state index contributed by atoms with van der Waals surface area (Å²) in [6, 6.07) is 2.80. The molecule has 1 aliphatic heterocycles. The maximum absolute atomic E-state index is 13.4. The highest BCUT2D eigenvalue weighted by molar-refractivity contribution is 7.92. The van der Waals surface area contributed by atoms with E-state index in [-0.39, 0.29) is 16.6 Å². The number of carbonyl (C=O) groups is 1. The van der Waals surface area contributed by atoms with Gasteiger partial charge in [-0.2, -0.15) is 0 Å². The van der Waals surface area contributed by atoms with E-state index in [9.17, 15) is 17.6 Å². The molecule has 1 unspecified atom stereocenters. The fourth-order valence-electron chi connectivity index (χ4n) is 2.81. The van der Waals surface area contributed by atoms with Crippen LogP contribution in [0.1, 0.15) is 26.2 Å². The second kappa shape index (κ2) is 7.05. The smallest absolute Gasteiger partial charge is 0.246 e. The molecule has 1 amide bonds. The average molecular weight is 363 g/mol. The van der Waals surface area contributed by atoms with Crippen LogP contribution >= 0.6 is 11.6 Å². The van der Waals surface area contributed by atoms with Crippen molar-refractivity contribution in [3.05, 3.63) is 29.0 Å². The molecule has 1 aliphatic rings. The summed E-state index contributed by atoms with van der Waals surface area (Å²) in [5.41, 5.74) is 0.193. The van der Waals surface area contributed by atoms with Crippen LogP contribution in [0.4, 0.5) is 10.1 Å². The van der Waals surface area contributed by atoms with Gasteiger partial charge >= 0.3 is 0 Å². The van der Waals surface area contributed by atoms with Crippen molar-refractivity contribution in [2.45, 2.75) is 32.2 Å². The summed E-state index contributed by atoms with van der Waals surface area (Å²) in [6.45, 7) is 3.02. The molecule has 5 nitrogen and oxygen atoms in total. The first-order valence-corrected chi connectivity index (χ1v) is 9.71. The fraction of sp³-hybridized carbons (Fsp3) is 0.533. The molecule has 23 heavy (non-hydrogen) atoms. The first-order valence-electron chi connectivity index (χ1n) is 7.49. The van der Waals surface area contributed by atoms with Crippen molar-refractivity contribution in [1.29, 1.82) is 0 Å². The molecule has 0 spiro atoms. The molecule has 0 radical (unpaired) electrons. The van der Waals surface area contributed by atoms with Gasteiger partial charge in [0, 0.05) is 13.1 Å². The minimum absolute atomic E-state index is 0.181. The van der Waals surface area contributed by atoms with Crippen LogP contribution < -0.4 is 4.31 Å². The Bertz CT molecular complexity index is 690. The van der Waals surface area contributed by atoms with Gasteiger partial charge in [0.15, 0.2) is 0 Å². The molecule has 1 aromatic carbocycles. The van der Waals surface area contributed by atoms with Crippen molar-refractivity contribution in [2.75, 3.05) is 23.7 Å². The lowest BCUT2D eigenvalue weighted by Gasteiger charge is -2.32. The zero-order chi connectivity index (χ0) is 17.2. The molecular weight excluding hydrogens is 343 g/mol. The van der Waals surface area contributed by atoms with Crippen LogP contribution in [0.15, 0.2) is 18.2 Å². The van der Waals surface area contributed by atoms with Crippen LogP contribution in [-0.2, 0) is 14.8 Å². The van der Waals surface area contributed by atoms with Gasteiger partial charge in [0.1, 0.15) is 11.9 Å². The molecule has 2 rings (SSSR count). The number of sulfonamides is 1. The Kier molecular flexibility index (Phi) is 5.52. The van der Waals surface area contributed by atoms with Gasteiger partial charge in [0.25, 0.3) is 0 Å². The summed E-state index contributed by atoms with van der Waals surface area (Å²) in [6.07, 6.45) is 3.19. The molecule has 0 aromatic heterocycles. The molecule has 1 fully saturated rings. The maximum Gasteiger partial charge on any atom is 0.246 e. The zero-order valence-electron chi connectivity index (χ0n) is 13.1. The topological polar surface area (TPSA) is 57.7 Å². The number of nitrogens with zero attached hydrogens (tertiary/aromatic N) is 2. The Morgan fingerprint density at radius 2 is 2.00 bits per heavy atom. The number of rotatable bonds is 5. The SMILES string of the molecule is CCC(C(=O)N1CCCC1)N(c1ccc(F)c(Cl)c1)S(C)(=O)=O. The highest BCUT2D eigenvalue weighted by atomic mass is 35.5. The number of hydrogen-bond donors (Lipinski definition) is 0. The first kappa shape index (κ1) is 18.0. The predicted octanol–water partition coefficient (Wildman–Crippen LogP) is 2.65. The van der Waals surface area contributed by atoms with E-state index < -0.39 is 21.9 Å². The van der Waals surface area contributed by atoms with E-state index >= 15 is 0 Å². The summed E-state index contributed by atoms with van der Waals surface area (Å²) in [4.78, 5) is 14.4. The standard InChI is InChI=1S/C15H20ClFN2O3S/c1-3-14(15(20)18-8-4-5-9-18)19(23(2,21)22)11-6-7-13(17)12(16)10-11/h6-7,10,14H,3-5,8-9H2,1-2H3. The lowest BCUT2D eigenvalue weighted by atomic mass is 10.1. The maximum atomic E-state index is 13.4. The number of likely N-dealkylation sites (tertiary alicyclic amines) is 1. The highest BCUT2D eigenvalue weighted by Gasteiger charge is 2.35. The minimum Gasteiger partial charge on any atom is -0.341 e. The van der Waals surface area contributed by atoms with Crippen LogP contribution in [0.3, 0.4) is 0 Å². The third-order valence-corrected chi connectivity index (χ3v) is 5.36. The molecule has 1 heterocycles. The van der Waals surface area contributed by atoms with Crippen LogP contribution in [-0.4, -0.2) is 44.6 Å². The van der Waals surface area contributed by atoms with Crippen molar-refractivity contribution in [3.63, 3.8) is 0 Å². The van der Waals surface area contributed by atoms with E-state index in [0.717, 1.165) is 29.5 Å². The third-order valence-electron chi connectivity index (χ3n) is 3.89. The van der Waals surface area contributed by atoms with Crippen molar-refractivity contribution in [3.8, 4) is 0 Å². The molecule has 1 aromatic rings. The van der Waals surface area contributed by atoms with Crippen LogP contribution in [0.2, 0.25) is 5.02 Å². The van der Waals surface area contributed by atoms with Crippen molar-refractivity contribution in [2.24, 2.45) is 0 Å². The molecule has 1 saturated heterocycles. The quantitative estimate of drug-likeness (QED) is 0.809. The second-order valence-electron chi connectivity index (χ2n) is 5.61. The van der Waals surface area contributed by atoms with Gasteiger partial charge in [0.05, 0.1) is 17.0 Å². The lowest BCUT2D eigenvalue weighted by molar-refractivity contribution is -0.131. The van der Waals surface area contributed by atoms with E-state index in [4.69, 9.17) is 11.6 Å². The predicted molar refractivity (Wildman–Crippen MR) is 88.6 cm³/mol. The Hall–Kier alpha value is -1.34. The van der Waals surface area contributed by atoms with E-state index in [0.29, 0.717) is 19.5 Å². The van der Waals surface area contributed by atoms with E-state index in [1.807, 2.05) is 0 Å². The van der Waals surface area contributed by atoms with E-state index in [1.165, 1.54) is 12.1 Å². The van der Waals surface area contributed by atoms with Crippen molar-refractivity contribution >= 4 is 33.2 Å². The van der Waals surface area contributed by atoms with Gasteiger partial charge in [0.2, 0.25) is 15.9 Å². The molecule has 1 atom stereocenters. The largest absolute Gasteiger partial charge is 0.341 e. The number of halogens is 2. The number of carbonyl (C=O) groups excluding carboxylic acids is 1. The fourth-order valence-corrected chi connectivity index (χ4v) is 4.19. The molecule has 0 saturated carbocycles. The van der Waals surface area contributed by atoms with Gasteiger partial charge < -0.3 is 4.90 Å². The number of hydrogen-bond acceptors (Lipinski definition) is 3. The van der Waals surface area contributed by atoms with Crippen molar-refractivity contribution < 1.29 is 17.6 Å². The summed E-state index contributed by atoms with van der Waals surface area (Å²) < 4.78 is 38.9. The normalized spacial score (nSPS) is 16.4. The summed E-state index contributed by atoms with van der Waals surface area (Å²) in [5.74, 6) is -0.862.